The van der Waals surface area contributed by atoms with Gasteiger partial charge in [0, 0.05) is 19.6 Å². The smallest absolute Gasteiger partial charge is 0.264 e. The van der Waals surface area contributed by atoms with E-state index in [1.54, 1.807) is 17.2 Å². The molecule has 6 nitrogen and oxygen atoms in total. The van der Waals surface area contributed by atoms with Gasteiger partial charge in [0.1, 0.15) is 11.9 Å². The van der Waals surface area contributed by atoms with E-state index in [9.17, 15) is 9.59 Å². The molecule has 0 bridgehead atoms. The Hall–Kier alpha value is -2.41. The van der Waals surface area contributed by atoms with Crippen molar-refractivity contribution in [1.82, 2.24) is 9.88 Å². The minimum Gasteiger partial charge on any atom is -0.357 e. The molecule has 1 atom stereocenters. The van der Waals surface area contributed by atoms with Gasteiger partial charge in [-0.25, -0.2) is 4.98 Å². The summed E-state index contributed by atoms with van der Waals surface area (Å²) in [5.74, 6) is 0.763. The Kier molecular flexibility index (Phi) is 4.88. The number of aromatic nitrogens is 1. The molecule has 0 aromatic carbocycles. The van der Waals surface area contributed by atoms with Gasteiger partial charge in [0.25, 0.3) is 5.91 Å². The van der Waals surface area contributed by atoms with Gasteiger partial charge < -0.3 is 15.1 Å². The molecule has 1 unspecified atom stereocenters. The van der Waals surface area contributed by atoms with E-state index in [2.05, 4.69) is 15.2 Å². The van der Waals surface area contributed by atoms with Gasteiger partial charge in [-0.2, -0.15) is 0 Å². The van der Waals surface area contributed by atoms with Gasteiger partial charge in [-0.1, -0.05) is 6.07 Å². The Morgan fingerprint density at radius 3 is 2.65 bits per heavy atom. The highest BCUT2D eigenvalue weighted by Crippen LogP contribution is 2.24. The van der Waals surface area contributed by atoms with Crippen molar-refractivity contribution in [2.45, 2.75) is 31.7 Å². The summed E-state index contributed by atoms with van der Waals surface area (Å²) in [6.07, 6.45) is 5.65. The molecule has 2 aliphatic rings. The normalized spacial score (nSPS) is 19.8. The minimum atomic E-state index is -0.414. The Balaban J connectivity index is 1.41. The molecule has 7 heteroatoms. The fraction of sp³-hybridized carbons (Fsp3) is 0.421. The molecule has 136 valence electrons. The third-order valence-corrected chi connectivity index (χ3v) is 5.85. The Morgan fingerprint density at radius 2 is 1.96 bits per heavy atom. The van der Waals surface area contributed by atoms with E-state index < -0.39 is 6.04 Å². The maximum Gasteiger partial charge on any atom is 0.264 e. The summed E-state index contributed by atoms with van der Waals surface area (Å²) in [6.45, 7) is 2.71. The molecule has 2 saturated heterocycles. The lowest BCUT2D eigenvalue weighted by molar-refractivity contribution is -0.119. The van der Waals surface area contributed by atoms with Crippen molar-refractivity contribution in [1.29, 1.82) is 0 Å². The minimum absolute atomic E-state index is 0.0554. The molecule has 0 aliphatic carbocycles. The van der Waals surface area contributed by atoms with E-state index >= 15 is 0 Å². The first-order valence-corrected chi connectivity index (χ1v) is 9.97. The predicted octanol–water partition coefficient (Wildman–Crippen LogP) is 2.99. The first kappa shape index (κ1) is 17.0. The molecule has 4 heterocycles. The summed E-state index contributed by atoms with van der Waals surface area (Å²) in [5.41, 5.74) is 0.674. The number of carbonyl (C=O) groups is 2. The van der Waals surface area contributed by atoms with Crippen molar-refractivity contribution in [3.05, 3.63) is 40.7 Å². The maximum atomic E-state index is 12.7. The second-order valence-corrected chi connectivity index (χ2v) is 7.67. The molecule has 0 saturated carbocycles. The molecule has 2 fully saturated rings. The maximum absolute atomic E-state index is 12.7. The fourth-order valence-corrected chi connectivity index (χ4v) is 4.32. The van der Waals surface area contributed by atoms with Crippen LogP contribution in [0.15, 0.2) is 35.8 Å². The largest absolute Gasteiger partial charge is 0.357 e. The van der Waals surface area contributed by atoms with E-state index in [0.29, 0.717) is 23.5 Å². The average molecular weight is 370 g/mol. The fourth-order valence-electron chi connectivity index (χ4n) is 3.64. The Labute approximate surface area is 156 Å². The number of rotatable bonds is 4. The number of nitrogens with zero attached hydrogens (tertiary/aromatic N) is 3. The molecule has 0 radical (unpaired) electrons. The quantitative estimate of drug-likeness (QED) is 0.899. The predicted molar refractivity (Wildman–Crippen MR) is 103 cm³/mol. The van der Waals surface area contributed by atoms with E-state index in [4.69, 9.17) is 0 Å². The van der Waals surface area contributed by atoms with Crippen LogP contribution >= 0.6 is 11.3 Å². The van der Waals surface area contributed by atoms with Gasteiger partial charge in [0.15, 0.2) is 0 Å². The van der Waals surface area contributed by atoms with Crippen molar-refractivity contribution in [3.63, 3.8) is 0 Å². The first-order valence-electron chi connectivity index (χ1n) is 9.09. The van der Waals surface area contributed by atoms with Crippen molar-refractivity contribution >= 4 is 34.7 Å². The van der Waals surface area contributed by atoms with Crippen LogP contribution in [-0.4, -0.2) is 47.4 Å². The topological polar surface area (TPSA) is 65.5 Å². The highest BCUT2D eigenvalue weighted by atomic mass is 32.1. The second kappa shape index (κ2) is 7.45. The van der Waals surface area contributed by atoms with Crippen molar-refractivity contribution in [3.8, 4) is 0 Å². The molecule has 2 amide bonds. The zero-order valence-electron chi connectivity index (χ0n) is 14.6. The van der Waals surface area contributed by atoms with Gasteiger partial charge in [-0.05, 0) is 49.3 Å². The third kappa shape index (κ3) is 3.44. The van der Waals surface area contributed by atoms with Crippen molar-refractivity contribution in [2.24, 2.45) is 0 Å². The molecule has 26 heavy (non-hydrogen) atoms. The molecular weight excluding hydrogens is 348 g/mol. The highest BCUT2D eigenvalue weighted by Gasteiger charge is 2.34. The number of nitrogens with one attached hydrogen (secondary N) is 1. The van der Waals surface area contributed by atoms with Crippen LogP contribution in [0.2, 0.25) is 0 Å². The Morgan fingerprint density at radius 1 is 1.12 bits per heavy atom. The second-order valence-electron chi connectivity index (χ2n) is 6.72. The Bertz CT molecular complexity index is 769. The molecule has 2 aromatic heterocycles. The summed E-state index contributed by atoms with van der Waals surface area (Å²) in [4.78, 5) is 34.4. The van der Waals surface area contributed by atoms with Gasteiger partial charge in [0.05, 0.1) is 16.8 Å². The lowest BCUT2D eigenvalue weighted by Gasteiger charge is -2.23. The van der Waals surface area contributed by atoms with E-state index in [0.717, 1.165) is 25.3 Å². The lowest BCUT2D eigenvalue weighted by Crippen LogP contribution is -2.43. The van der Waals surface area contributed by atoms with E-state index in [1.165, 1.54) is 24.2 Å². The highest BCUT2D eigenvalue weighted by molar-refractivity contribution is 7.12. The van der Waals surface area contributed by atoms with Crippen molar-refractivity contribution in [2.75, 3.05) is 29.9 Å². The van der Waals surface area contributed by atoms with Gasteiger partial charge in [-0.15, -0.1) is 11.3 Å². The summed E-state index contributed by atoms with van der Waals surface area (Å²) in [5, 5.41) is 4.80. The first-order chi connectivity index (χ1) is 12.7. The van der Waals surface area contributed by atoms with Crippen LogP contribution < -0.4 is 10.2 Å². The van der Waals surface area contributed by atoms with Crippen LogP contribution in [0.1, 0.15) is 35.4 Å². The van der Waals surface area contributed by atoms with Crippen molar-refractivity contribution < 1.29 is 9.59 Å². The summed E-state index contributed by atoms with van der Waals surface area (Å²) in [6, 6.07) is 7.09. The van der Waals surface area contributed by atoms with Crippen LogP contribution in [0, 0.1) is 0 Å². The standard InChI is InChI=1S/C19H22N4O2S/c24-18(15-5-3-11-23(15)19(25)16-6-4-12-26-16)21-14-7-8-17(20-13-14)22-9-1-2-10-22/h4,6-8,12-13,15H,1-3,5,9-11H2,(H,21,24). The number of amides is 2. The number of pyridine rings is 1. The zero-order valence-corrected chi connectivity index (χ0v) is 15.4. The third-order valence-electron chi connectivity index (χ3n) is 4.99. The molecule has 2 aliphatic heterocycles. The zero-order chi connectivity index (χ0) is 17.9. The van der Waals surface area contributed by atoms with E-state index in [1.807, 2.05) is 23.6 Å². The van der Waals surface area contributed by atoms with Crippen LogP contribution in [0.3, 0.4) is 0 Å². The van der Waals surface area contributed by atoms with Gasteiger partial charge in [-0.3, -0.25) is 9.59 Å². The molecule has 0 spiro atoms. The number of thiophene rings is 1. The molecular formula is C19H22N4O2S. The van der Waals surface area contributed by atoms with E-state index in [-0.39, 0.29) is 11.8 Å². The monoisotopic (exact) mass is 370 g/mol. The summed E-state index contributed by atoms with van der Waals surface area (Å²) >= 11 is 1.41. The van der Waals surface area contributed by atoms with Crippen LogP contribution in [0.4, 0.5) is 11.5 Å². The van der Waals surface area contributed by atoms with Crippen LogP contribution in [0.25, 0.3) is 0 Å². The number of hydrogen-bond acceptors (Lipinski definition) is 5. The summed E-state index contributed by atoms with van der Waals surface area (Å²) < 4.78 is 0. The molecule has 1 N–H and O–H groups in total. The van der Waals surface area contributed by atoms with Crippen LogP contribution in [0.5, 0.6) is 0 Å². The molecule has 2 aromatic rings. The number of likely N-dealkylation sites (tertiary alicyclic amines) is 1. The molecule has 4 rings (SSSR count). The SMILES string of the molecule is O=C(Nc1ccc(N2CCCC2)nc1)C1CCCN1C(=O)c1cccs1. The summed E-state index contributed by atoms with van der Waals surface area (Å²) in [7, 11) is 0. The number of carbonyl (C=O) groups excluding carboxylic acids is 2. The number of anilines is 2. The number of hydrogen-bond donors (Lipinski definition) is 1. The van der Waals surface area contributed by atoms with Crippen LogP contribution in [-0.2, 0) is 4.79 Å². The van der Waals surface area contributed by atoms with Gasteiger partial charge >= 0.3 is 0 Å². The lowest BCUT2D eigenvalue weighted by atomic mass is 10.2. The average Bonchev–Trinajstić information content (AvgIpc) is 3.44. The van der Waals surface area contributed by atoms with Gasteiger partial charge in [0.2, 0.25) is 5.91 Å².